The molecule has 0 bridgehead atoms. The van der Waals surface area contributed by atoms with Crippen LogP contribution in [0.1, 0.15) is 12.7 Å². The van der Waals surface area contributed by atoms with E-state index >= 15 is 0 Å². The molecule has 5 nitrogen and oxygen atoms in total. The highest BCUT2D eigenvalue weighted by atomic mass is 16.3. The molecule has 1 heterocycles. The van der Waals surface area contributed by atoms with Crippen LogP contribution in [-0.2, 0) is 4.79 Å². The average molecular weight is 219 g/mol. The summed E-state index contributed by atoms with van der Waals surface area (Å²) in [5, 5.41) is 11.7. The minimum Gasteiger partial charge on any atom is -0.384 e. The van der Waals surface area contributed by atoms with Crippen molar-refractivity contribution in [2.45, 2.75) is 20.0 Å². The Morgan fingerprint density at radius 1 is 1.56 bits per heavy atom. The molecule has 1 aromatic carbocycles. The van der Waals surface area contributed by atoms with Crippen LogP contribution in [0.3, 0.4) is 0 Å². The first-order chi connectivity index (χ1) is 7.56. The third kappa shape index (κ3) is 2.04. The molecule has 0 saturated heterocycles. The fourth-order valence-electron chi connectivity index (χ4n) is 1.46. The number of aliphatic hydroxyl groups excluding tert-OH is 1. The number of fused-ring (bicyclic) bond motifs is 1. The molecule has 1 amide bonds. The fourth-order valence-corrected chi connectivity index (χ4v) is 1.46. The number of aromatic amines is 1. The molecule has 84 valence electrons. The second-order valence-corrected chi connectivity index (χ2v) is 3.72. The molecule has 1 atom stereocenters. The number of rotatable bonds is 2. The van der Waals surface area contributed by atoms with Gasteiger partial charge in [0.15, 0.2) is 0 Å². The van der Waals surface area contributed by atoms with Gasteiger partial charge in [-0.25, -0.2) is 4.98 Å². The van der Waals surface area contributed by atoms with Gasteiger partial charge in [0.2, 0.25) is 0 Å². The zero-order chi connectivity index (χ0) is 11.7. The number of nitrogens with one attached hydrogen (secondary N) is 2. The van der Waals surface area contributed by atoms with Crippen LogP contribution in [0, 0.1) is 6.92 Å². The Balaban J connectivity index is 2.29. The number of benzene rings is 1. The lowest BCUT2D eigenvalue weighted by molar-refractivity contribution is -0.123. The number of amides is 1. The zero-order valence-corrected chi connectivity index (χ0v) is 9.11. The first kappa shape index (κ1) is 10.6. The number of imidazole rings is 1. The highest BCUT2D eigenvalue weighted by Gasteiger charge is 2.09. The smallest absolute Gasteiger partial charge is 0.252 e. The number of H-pyrrole nitrogens is 1. The number of hydrogen-bond donors (Lipinski definition) is 3. The summed E-state index contributed by atoms with van der Waals surface area (Å²) in [5.41, 5.74) is 2.36. The molecule has 1 aromatic heterocycles. The monoisotopic (exact) mass is 219 g/mol. The zero-order valence-electron chi connectivity index (χ0n) is 9.11. The van der Waals surface area contributed by atoms with E-state index in [1.807, 2.05) is 13.0 Å². The van der Waals surface area contributed by atoms with Crippen LogP contribution in [-0.4, -0.2) is 27.1 Å². The second-order valence-electron chi connectivity index (χ2n) is 3.72. The highest BCUT2D eigenvalue weighted by molar-refractivity contribution is 5.95. The van der Waals surface area contributed by atoms with Gasteiger partial charge in [-0.3, -0.25) is 4.79 Å². The van der Waals surface area contributed by atoms with E-state index in [9.17, 15) is 4.79 Å². The van der Waals surface area contributed by atoms with E-state index in [4.69, 9.17) is 5.11 Å². The molecular formula is C11H13N3O2. The van der Waals surface area contributed by atoms with Crippen molar-refractivity contribution >= 4 is 22.6 Å². The average Bonchev–Trinajstić information content (AvgIpc) is 2.57. The van der Waals surface area contributed by atoms with Crippen molar-refractivity contribution in [1.82, 2.24) is 9.97 Å². The molecule has 5 heteroatoms. The van der Waals surface area contributed by atoms with Gasteiger partial charge >= 0.3 is 0 Å². The van der Waals surface area contributed by atoms with E-state index in [1.54, 1.807) is 12.1 Å². The first-order valence-electron chi connectivity index (χ1n) is 5.01. The van der Waals surface area contributed by atoms with Gasteiger partial charge in [0.25, 0.3) is 5.91 Å². The summed E-state index contributed by atoms with van der Waals surface area (Å²) < 4.78 is 0. The second kappa shape index (κ2) is 3.94. The van der Waals surface area contributed by atoms with E-state index in [0.29, 0.717) is 5.69 Å². The fraction of sp³-hybridized carbons (Fsp3) is 0.273. The van der Waals surface area contributed by atoms with Gasteiger partial charge < -0.3 is 15.4 Å². The Labute approximate surface area is 92.5 Å². The van der Waals surface area contributed by atoms with Crippen LogP contribution in [0.15, 0.2) is 18.2 Å². The third-order valence-corrected chi connectivity index (χ3v) is 2.25. The molecule has 0 aliphatic heterocycles. The maximum Gasteiger partial charge on any atom is 0.252 e. The molecular weight excluding hydrogens is 206 g/mol. The number of aryl methyl sites for hydroxylation is 1. The summed E-state index contributed by atoms with van der Waals surface area (Å²) in [6.07, 6.45) is -1.01. The van der Waals surface area contributed by atoms with Gasteiger partial charge in [-0.15, -0.1) is 0 Å². The van der Waals surface area contributed by atoms with Crippen LogP contribution in [0.2, 0.25) is 0 Å². The molecule has 0 aliphatic carbocycles. The lowest BCUT2D eigenvalue weighted by atomic mass is 10.2. The quantitative estimate of drug-likeness (QED) is 0.710. The van der Waals surface area contributed by atoms with Gasteiger partial charge in [-0.2, -0.15) is 0 Å². The van der Waals surface area contributed by atoms with Crippen molar-refractivity contribution in [3.8, 4) is 0 Å². The number of anilines is 1. The number of nitrogens with zero attached hydrogens (tertiary/aromatic N) is 1. The molecule has 16 heavy (non-hydrogen) atoms. The summed E-state index contributed by atoms with van der Waals surface area (Å²) >= 11 is 0. The lowest BCUT2D eigenvalue weighted by Gasteiger charge is -2.06. The highest BCUT2D eigenvalue weighted by Crippen LogP contribution is 2.17. The molecule has 0 spiro atoms. The summed E-state index contributed by atoms with van der Waals surface area (Å²) in [5.74, 6) is 0.407. The predicted octanol–water partition coefficient (Wildman–Crippen LogP) is 1.19. The summed E-state index contributed by atoms with van der Waals surface area (Å²) in [7, 11) is 0. The summed E-state index contributed by atoms with van der Waals surface area (Å²) in [4.78, 5) is 18.6. The van der Waals surface area contributed by atoms with Crippen LogP contribution >= 0.6 is 0 Å². The van der Waals surface area contributed by atoms with E-state index in [0.717, 1.165) is 16.9 Å². The van der Waals surface area contributed by atoms with Crippen molar-refractivity contribution < 1.29 is 9.90 Å². The Kier molecular flexibility index (Phi) is 2.62. The molecule has 0 saturated carbocycles. The van der Waals surface area contributed by atoms with Crippen molar-refractivity contribution in [3.05, 3.63) is 24.0 Å². The van der Waals surface area contributed by atoms with Crippen molar-refractivity contribution in [2.24, 2.45) is 0 Å². The summed E-state index contributed by atoms with van der Waals surface area (Å²) in [6.45, 7) is 3.29. The molecule has 0 aliphatic rings. The summed E-state index contributed by atoms with van der Waals surface area (Å²) in [6, 6.07) is 5.36. The van der Waals surface area contributed by atoms with E-state index in [1.165, 1.54) is 6.92 Å². The minimum absolute atomic E-state index is 0.421. The Morgan fingerprint density at radius 3 is 3.00 bits per heavy atom. The van der Waals surface area contributed by atoms with Crippen LogP contribution in [0.4, 0.5) is 5.69 Å². The maximum atomic E-state index is 11.3. The normalized spacial score (nSPS) is 12.7. The van der Waals surface area contributed by atoms with E-state index < -0.39 is 12.0 Å². The first-order valence-corrected chi connectivity index (χ1v) is 5.01. The number of carbonyl (C=O) groups is 1. The Hall–Kier alpha value is -1.88. The van der Waals surface area contributed by atoms with E-state index in [-0.39, 0.29) is 0 Å². The van der Waals surface area contributed by atoms with Crippen molar-refractivity contribution in [3.63, 3.8) is 0 Å². The lowest BCUT2D eigenvalue weighted by Crippen LogP contribution is -2.24. The Morgan fingerprint density at radius 2 is 2.31 bits per heavy atom. The van der Waals surface area contributed by atoms with Gasteiger partial charge in [-0.05, 0) is 32.0 Å². The largest absolute Gasteiger partial charge is 0.384 e. The third-order valence-electron chi connectivity index (χ3n) is 2.25. The molecule has 1 unspecified atom stereocenters. The maximum absolute atomic E-state index is 11.3. The van der Waals surface area contributed by atoms with Crippen molar-refractivity contribution in [2.75, 3.05) is 5.32 Å². The SMILES string of the molecule is Cc1nc2ccc(NC(=O)C(C)O)cc2[nH]1. The van der Waals surface area contributed by atoms with Crippen LogP contribution in [0.25, 0.3) is 11.0 Å². The number of carbonyl (C=O) groups excluding carboxylic acids is 1. The van der Waals surface area contributed by atoms with Crippen LogP contribution < -0.4 is 5.32 Å². The predicted molar refractivity (Wildman–Crippen MR) is 61.1 cm³/mol. The Bertz CT molecular complexity index is 531. The molecule has 0 radical (unpaired) electrons. The van der Waals surface area contributed by atoms with Gasteiger partial charge in [-0.1, -0.05) is 0 Å². The number of hydrogen-bond acceptors (Lipinski definition) is 3. The standard InChI is InChI=1S/C11H13N3O2/c1-6(15)11(16)14-8-3-4-9-10(5-8)13-7(2)12-9/h3-6,15H,1-2H3,(H,12,13)(H,14,16). The minimum atomic E-state index is -1.01. The molecule has 2 aromatic rings. The van der Waals surface area contributed by atoms with Gasteiger partial charge in [0.1, 0.15) is 11.9 Å². The number of aliphatic hydroxyl groups is 1. The molecule has 0 fully saturated rings. The topological polar surface area (TPSA) is 78.0 Å². The van der Waals surface area contributed by atoms with Crippen LogP contribution in [0.5, 0.6) is 0 Å². The number of aromatic nitrogens is 2. The van der Waals surface area contributed by atoms with Crippen molar-refractivity contribution in [1.29, 1.82) is 0 Å². The van der Waals surface area contributed by atoms with Gasteiger partial charge in [0.05, 0.1) is 11.0 Å². The van der Waals surface area contributed by atoms with Gasteiger partial charge in [0, 0.05) is 5.69 Å². The van der Waals surface area contributed by atoms with E-state index in [2.05, 4.69) is 15.3 Å². The molecule has 3 N–H and O–H groups in total. The molecule has 2 rings (SSSR count).